The SMILES string of the molecule is CC(C)c1ccc2oc(-c3ccc(NC(=O)c4ccc(F)cc4)cc3)nc2c1. The minimum Gasteiger partial charge on any atom is -0.436 e. The molecule has 1 N–H and O–H groups in total. The van der Waals surface area contributed by atoms with E-state index >= 15 is 0 Å². The van der Waals surface area contributed by atoms with Crippen molar-refractivity contribution in [1.82, 2.24) is 4.98 Å². The zero-order valence-corrected chi connectivity index (χ0v) is 15.6. The van der Waals surface area contributed by atoms with Crippen molar-refractivity contribution in [2.45, 2.75) is 19.8 Å². The molecule has 0 spiro atoms. The van der Waals surface area contributed by atoms with Gasteiger partial charge in [0.25, 0.3) is 5.91 Å². The van der Waals surface area contributed by atoms with Crippen molar-refractivity contribution < 1.29 is 13.6 Å². The van der Waals surface area contributed by atoms with Gasteiger partial charge in [-0.2, -0.15) is 0 Å². The summed E-state index contributed by atoms with van der Waals surface area (Å²) in [5, 5.41) is 2.79. The van der Waals surface area contributed by atoms with E-state index in [1.54, 1.807) is 12.1 Å². The van der Waals surface area contributed by atoms with Crippen LogP contribution in [0.1, 0.15) is 35.7 Å². The third kappa shape index (κ3) is 3.64. The summed E-state index contributed by atoms with van der Waals surface area (Å²) in [4.78, 5) is 16.8. The lowest BCUT2D eigenvalue weighted by atomic mass is 10.0. The molecule has 0 radical (unpaired) electrons. The Kier molecular flexibility index (Phi) is 4.65. The topological polar surface area (TPSA) is 55.1 Å². The second-order valence-corrected chi connectivity index (χ2v) is 6.94. The summed E-state index contributed by atoms with van der Waals surface area (Å²) in [5.41, 5.74) is 4.64. The monoisotopic (exact) mass is 374 g/mol. The van der Waals surface area contributed by atoms with Crippen molar-refractivity contribution in [2.75, 3.05) is 5.32 Å². The molecule has 1 heterocycles. The molecule has 28 heavy (non-hydrogen) atoms. The summed E-state index contributed by atoms with van der Waals surface area (Å²) in [6.07, 6.45) is 0. The predicted octanol–water partition coefficient (Wildman–Crippen LogP) is 6.01. The van der Waals surface area contributed by atoms with Crippen LogP contribution < -0.4 is 5.32 Å². The van der Waals surface area contributed by atoms with Crippen molar-refractivity contribution >= 4 is 22.7 Å². The summed E-state index contributed by atoms with van der Waals surface area (Å²) < 4.78 is 18.8. The lowest BCUT2D eigenvalue weighted by Crippen LogP contribution is -2.11. The second kappa shape index (κ2) is 7.27. The molecule has 140 valence electrons. The van der Waals surface area contributed by atoms with E-state index in [9.17, 15) is 9.18 Å². The van der Waals surface area contributed by atoms with Crippen molar-refractivity contribution in [1.29, 1.82) is 0 Å². The Labute approximate surface area is 162 Å². The van der Waals surface area contributed by atoms with E-state index in [1.165, 1.54) is 29.8 Å². The quantitative estimate of drug-likeness (QED) is 0.476. The Morgan fingerprint density at radius 2 is 1.71 bits per heavy atom. The molecule has 5 heteroatoms. The third-order valence-corrected chi connectivity index (χ3v) is 4.57. The molecular formula is C23H19FN2O2. The van der Waals surface area contributed by atoms with Gasteiger partial charge in [-0.25, -0.2) is 9.37 Å². The standard InChI is InChI=1S/C23H19FN2O2/c1-14(2)17-7-12-21-20(13-17)26-23(28-21)16-5-10-19(11-6-16)25-22(27)15-3-8-18(24)9-4-15/h3-14H,1-2H3,(H,25,27). The lowest BCUT2D eigenvalue weighted by molar-refractivity contribution is 0.102. The molecule has 4 aromatic rings. The second-order valence-electron chi connectivity index (χ2n) is 6.94. The molecule has 0 saturated carbocycles. The molecule has 4 rings (SSSR count). The Hall–Kier alpha value is -3.47. The Morgan fingerprint density at radius 1 is 1.00 bits per heavy atom. The molecule has 0 bridgehead atoms. The van der Waals surface area contributed by atoms with Crippen molar-refractivity contribution in [2.24, 2.45) is 0 Å². The number of nitrogens with one attached hydrogen (secondary N) is 1. The summed E-state index contributed by atoms with van der Waals surface area (Å²) in [5.74, 6) is 0.288. The summed E-state index contributed by atoms with van der Waals surface area (Å²) in [6, 6.07) is 18.7. The molecule has 0 aliphatic carbocycles. The van der Waals surface area contributed by atoms with E-state index in [0.29, 0.717) is 23.1 Å². The average Bonchev–Trinajstić information content (AvgIpc) is 3.12. The maximum Gasteiger partial charge on any atom is 0.255 e. The molecule has 0 atom stereocenters. The van der Waals surface area contributed by atoms with Gasteiger partial charge in [0.2, 0.25) is 5.89 Å². The van der Waals surface area contributed by atoms with Crippen LogP contribution in [0.5, 0.6) is 0 Å². The molecule has 0 aliphatic heterocycles. The molecule has 1 aromatic heterocycles. The number of aromatic nitrogens is 1. The van der Waals surface area contributed by atoms with Gasteiger partial charge in [0.05, 0.1) is 0 Å². The van der Waals surface area contributed by atoms with Gasteiger partial charge in [-0.15, -0.1) is 0 Å². The van der Waals surface area contributed by atoms with Gasteiger partial charge in [0, 0.05) is 16.8 Å². The van der Waals surface area contributed by atoms with Gasteiger partial charge in [0.15, 0.2) is 5.58 Å². The molecule has 0 fully saturated rings. The first-order valence-electron chi connectivity index (χ1n) is 9.07. The number of benzene rings is 3. The first kappa shape index (κ1) is 17.9. The van der Waals surface area contributed by atoms with E-state index < -0.39 is 0 Å². The highest BCUT2D eigenvalue weighted by Gasteiger charge is 2.11. The normalized spacial score (nSPS) is 11.1. The maximum absolute atomic E-state index is 13.0. The fourth-order valence-electron chi connectivity index (χ4n) is 2.93. The number of amides is 1. The smallest absolute Gasteiger partial charge is 0.255 e. The Morgan fingerprint density at radius 3 is 2.39 bits per heavy atom. The number of oxazole rings is 1. The van der Waals surface area contributed by atoms with Crippen LogP contribution in [0.3, 0.4) is 0 Å². The van der Waals surface area contributed by atoms with Crippen molar-refractivity contribution in [3.8, 4) is 11.5 Å². The minimum atomic E-state index is -0.375. The summed E-state index contributed by atoms with van der Waals surface area (Å²) in [6.45, 7) is 4.28. The molecule has 4 nitrogen and oxygen atoms in total. The zero-order chi connectivity index (χ0) is 19.7. The zero-order valence-electron chi connectivity index (χ0n) is 15.6. The number of rotatable bonds is 4. The highest BCUT2D eigenvalue weighted by molar-refractivity contribution is 6.04. The summed E-state index contributed by atoms with van der Waals surface area (Å²) in [7, 11) is 0. The molecule has 0 aliphatic rings. The first-order valence-corrected chi connectivity index (χ1v) is 9.07. The number of carbonyl (C=O) groups excluding carboxylic acids is 1. The number of halogens is 1. The maximum atomic E-state index is 13.0. The largest absolute Gasteiger partial charge is 0.436 e. The van der Waals surface area contributed by atoms with Crippen LogP contribution in [0, 0.1) is 5.82 Å². The van der Waals surface area contributed by atoms with Gasteiger partial charge >= 0.3 is 0 Å². The van der Waals surface area contributed by atoms with Crippen molar-refractivity contribution in [3.05, 3.63) is 83.7 Å². The summed E-state index contributed by atoms with van der Waals surface area (Å²) >= 11 is 0. The van der Waals surface area contributed by atoms with E-state index in [-0.39, 0.29) is 11.7 Å². The van der Waals surface area contributed by atoms with Crippen molar-refractivity contribution in [3.63, 3.8) is 0 Å². The van der Waals surface area contributed by atoms with Crippen LogP contribution in [0.4, 0.5) is 10.1 Å². The predicted molar refractivity (Wildman–Crippen MR) is 108 cm³/mol. The van der Waals surface area contributed by atoms with Crippen LogP contribution in [0.2, 0.25) is 0 Å². The minimum absolute atomic E-state index is 0.296. The number of fused-ring (bicyclic) bond motifs is 1. The number of hydrogen-bond donors (Lipinski definition) is 1. The molecule has 3 aromatic carbocycles. The van der Waals surface area contributed by atoms with Crippen LogP contribution >= 0.6 is 0 Å². The van der Waals surface area contributed by atoms with Gasteiger partial charge < -0.3 is 9.73 Å². The first-order chi connectivity index (χ1) is 13.5. The van der Waals surface area contributed by atoms with Gasteiger partial charge in [-0.05, 0) is 72.1 Å². The van der Waals surface area contributed by atoms with Crippen LogP contribution in [-0.2, 0) is 0 Å². The Balaban J connectivity index is 1.53. The van der Waals surface area contributed by atoms with E-state index in [2.05, 4.69) is 30.2 Å². The van der Waals surface area contributed by atoms with Crippen LogP contribution in [0.25, 0.3) is 22.6 Å². The van der Waals surface area contributed by atoms with Gasteiger partial charge in [-0.1, -0.05) is 19.9 Å². The molecule has 0 saturated heterocycles. The average molecular weight is 374 g/mol. The molecular weight excluding hydrogens is 355 g/mol. The Bertz CT molecular complexity index is 1130. The molecule has 1 amide bonds. The number of anilines is 1. The van der Waals surface area contributed by atoms with Crippen LogP contribution in [-0.4, -0.2) is 10.9 Å². The number of hydrogen-bond acceptors (Lipinski definition) is 3. The van der Waals surface area contributed by atoms with E-state index in [0.717, 1.165) is 16.7 Å². The lowest BCUT2D eigenvalue weighted by Gasteiger charge is -2.05. The molecule has 0 unspecified atom stereocenters. The van der Waals surface area contributed by atoms with E-state index in [4.69, 9.17) is 4.42 Å². The highest BCUT2D eigenvalue weighted by Crippen LogP contribution is 2.27. The van der Waals surface area contributed by atoms with Gasteiger partial charge in [0.1, 0.15) is 11.3 Å². The third-order valence-electron chi connectivity index (χ3n) is 4.57. The van der Waals surface area contributed by atoms with Gasteiger partial charge in [-0.3, -0.25) is 4.79 Å². The fraction of sp³-hybridized carbons (Fsp3) is 0.130. The highest BCUT2D eigenvalue weighted by atomic mass is 19.1. The fourth-order valence-corrected chi connectivity index (χ4v) is 2.93. The number of nitrogens with zero attached hydrogens (tertiary/aromatic N) is 1. The van der Waals surface area contributed by atoms with Crippen LogP contribution in [0.15, 0.2) is 71.1 Å². The van der Waals surface area contributed by atoms with E-state index in [1.807, 2.05) is 24.3 Å². The number of carbonyl (C=O) groups is 1.